The zero-order valence-electron chi connectivity index (χ0n) is 16.7. The summed E-state index contributed by atoms with van der Waals surface area (Å²) in [4.78, 5) is 18.6. The number of rotatable bonds is 3. The molecule has 0 radical (unpaired) electrons. The number of aromatic nitrogens is 5. The third kappa shape index (κ3) is 2.93. The Hall–Kier alpha value is -3.84. The van der Waals surface area contributed by atoms with Crippen LogP contribution in [0.1, 0.15) is 24.6 Å². The molecule has 1 aliphatic carbocycles. The maximum absolute atomic E-state index is 9.78. The summed E-state index contributed by atoms with van der Waals surface area (Å²) >= 11 is 0. The first-order valence-electron chi connectivity index (χ1n) is 10.3. The number of benzene rings is 2. The van der Waals surface area contributed by atoms with Crippen LogP contribution in [0.25, 0.3) is 39.1 Å². The highest BCUT2D eigenvalue weighted by Crippen LogP contribution is 2.39. The zero-order valence-corrected chi connectivity index (χ0v) is 16.7. The van der Waals surface area contributed by atoms with E-state index in [0.717, 1.165) is 44.9 Å². The normalized spacial score (nSPS) is 18.4. The van der Waals surface area contributed by atoms with Crippen molar-refractivity contribution in [1.82, 2.24) is 24.3 Å². The van der Waals surface area contributed by atoms with E-state index in [-0.39, 0.29) is 12.0 Å². The minimum absolute atomic E-state index is 0.211. The second-order valence-electron chi connectivity index (χ2n) is 8.00. The standard InChI is InChI=1S/C24H20N6O/c25-23-22-21(29-24(16-10-17(31)11-16)30(22)9-8-26-23)15-6-7-18-19(12-15)28-20(13-27-18)14-4-2-1-3-5-14/h1-9,12-13,16-17,31H,10-11H2,(H2,25,26). The van der Waals surface area contributed by atoms with Gasteiger partial charge in [-0.3, -0.25) is 9.38 Å². The van der Waals surface area contributed by atoms with Crippen LogP contribution in [0.15, 0.2) is 67.1 Å². The molecule has 1 aliphatic rings. The number of aliphatic hydroxyl groups is 1. The average Bonchev–Trinajstić information content (AvgIpc) is 3.17. The van der Waals surface area contributed by atoms with Crippen molar-refractivity contribution in [3.8, 4) is 22.5 Å². The first-order valence-corrected chi connectivity index (χ1v) is 10.3. The molecule has 0 amide bonds. The second-order valence-corrected chi connectivity index (χ2v) is 8.00. The third-order valence-corrected chi connectivity index (χ3v) is 5.97. The molecule has 1 saturated carbocycles. The van der Waals surface area contributed by atoms with Crippen LogP contribution < -0.4 is 5.73 Å². The summed E-state index contributed by atoms with van der Waals surface area (Å²) in [7, 11) is 0. The molecule has 0 saturated heterocycles. The van der Waals surface area contributed by atoms with E-state index in [2.05, 4.69) is 9.97 Å². The van der Waals surface area contributed by atoms with Crippen molar-refractivity contribution in [3.05, 3.63) is 72.9 Å². The Morgan fingerprint density at radius 2 is 1.77 bits per heavy atom. The summed E-state index contributed by atoms with van der Waals surface area (Å²) in [5, 5.41) is 9.78. The van der Waals surface area contributed by atoms with Crippen molar-refractivity contribution < 1.29 is 5.11 Å². The number of nitrogens with two attached hydrogens (primary N) is 1. The first-order chi connectivity index (χ1) is 15.2. The predicted octanol–water partition coefficient (Wildman–Crippen LogP) is 3.83. The van der Waals surface area contributed by atoms with Crippen LogP contribution in [-0.4, -0.2) is 35.5 Å². The summed E-state index contributed by atoms with van der Waals surface area (Å²) < 4.78 is 2.00. The molecule has 6 rings (SSSR count). The second kappa shape index (κ2) is 6.85. The Kier molecular flexibility index (Phi) is 3.97. The minimum Gasteiger partial charge on any atom is -0.393 e. The van der Waals surface area contributed by atoms with Gasteiger partial charge in [0.15, 0.2) is 0 Å². The number of aliphatic hydroxyl groups excluding tert-OH is 1. The quantitative estimate of drug-likeness (QED) is 0.470. The molecule has 5 aromatic rings. The van der Waals surface area contributed by atoms with Gasteiger partial charge in [0.25, 0.3) is 0 Å². The van der Waals surface area contributed by atoms with Gasteiger partial charge in [-0.05, 0) is 25.0 Å². The molecule has 0 bridgehead atoms. The molecule has 3 heterocycles. The largest absolute Gasteiger partial charge is 0.393 e. The Labute approximate surface area is 178 Å². The number of imidazole rings is 1. The predicted molar refractivity (Wildman–Crippen MR) is 119 cm³/mol. The molecule has 1 fully saturated rings. The number of nitrogens with zero attached hydrogens (tertiary/aromatic N) is 5. The number of hydrogen-bond acceptors (Lipinski definition) is 6. The molecule has 3 aromatic heterocycles. The van der Waals surface area contributed by atoms with Crippen LogP contribution in [0, 0.1) is 0 Å². The fraction of sp³-hybridized carbons (Fsp3) is 0.167. The van der Waals surface area contributed by atoms with Crippen molar-refractivity contribution in [2.75, 3.05) is 5.73 Å². The van der Waals surface area contributed by atoms with Crippen LogP contribution in [0.4, 0.5) is 5.82 Å². The van der Waals surface area contributed by atoms with Gasteiger partial charge in [0.05, 0.1) is 29.0 Å². The van der Waals surface area contributed by atoms with Crippen LogP contribution >= 0.6 is 0 Å². The highest BCUT2D eigenvalue weighted by molar-refractivity contribution is 5.90. The van der Waals surface area contributed by atoms with E-state index in [1.165, 1.54) is 0 Å². The molecule has 0 aliphatic heterocycles. The van der Waals surface area contributed by atoms with Crippen molar-refractivity contribution in [1.29, 1.82) is 0 Å². The van der Waals surface area contributed by atoms with E-state index in [4.69, 9.17) is 15.7 Å². The van der Waals surface area contributed by atoms with E-state index >= 15 is 0 Å². The minimum atomic E-state index is -0.257. The number of nitrogen functional groups attached to an aromatic ring is 1. The highest BCUT2D eigenvalue weighted by Gasteiger charge is 2.33. The highest BCUT2D eigenvalue weighted by atomic mass is 16.3. The molecule has 7 nitrogen and oxygen atoms in total. The summed E-state index contributed by atoms with van der Waals surface area (Å²) in [6.45, 7) is 0. The van der Waals surface area contributed by atoms with Crippen molar-refractivity contribution in [2.24, 2.45) is 0 Å². The molecular weight excluding hydrogens is 388 g/mol. The Morgan fingerprint density at radius 1 is 0.935 bits per heavy atom. The molecule has 0 unspecified atom stereocenters. The summed E-state index contributed by atoms with van der Waals surface area (Å²) in [6, 6.07) is 16.0. The third-order valence-electron chi connectivity index (χ3n) is 5.97. The van der Waals surface area contributed by atoms with Crippen molar-refractivity contribution in [2.45, 2.75) is 24.9 Å². The van der Waals surface area contributed by atoms with Gasteiger partial charge in [-0.2, -0.15) is 0 Å². The van der Waals surface area contributed by atoms with Gasteiger partial charge in [0.1, 0.15) is 22.9 Å². The fourth-order valence-electron chi connectivity index (χ4n) is 4.28. The molecule has 7 heteroatoms. The van der Waals surface area contributed by atoms with Gasteiger partial charge in [0.2, 0.25) is 0 Å². The van der Waals surface area contributed by atoms with Gasteiger partial charge in [-0.15, -0.1) is 0 Å². The van der Waals surface area contributed by atoms with Crippen LogP contribution in [0.2, 0.25) is 0 Å². The van der Waals surface area contributed by atoms with Gasteiger partial charge in [-0.25, -0.2) is 15.0 Å². The lowest BCUT2D eigenvalue weighted by Gasteiger charge is -2.30. The van der Waals surface area contributed by atoms with Gasteiger partial charge < -0.3 is 10.8 Å². The van der Waals surface area contributed by atoms with E-state index in [0.29, 0.717) is 18.7 Å². The average molecular weight is 408 g/mol. The van der Waals surface area contributed by atoms with Crippen LogP contribution in [0.3, 0.4) is 0 Å². The van der Waals surface area contributed by atoms with Crippen LogP contribution in [-0.2, 0) is 0 Å². The topological polar surface area (TPSA) is 102 Å². The summed E-state index contributed by atoms with van der Waals surface area (Å²) in [6.07, 6.45) is 6.54. The molecule has 3 N–H and O–H groups in total. The Morgan fingerprint density at radius 3 is 2.58 bits per heavy atom. The Balaban J connectivity index is 1.51. The van der Waals surface area contributed by atoms with E-state index < -0.39 is 0 Å². The van der Waals surface area contributed by atoms with E-state index in [1.807, 2.05) is 59.1 Å². The number of anilines is 1. The lowest BCUT2D eigenvalue weighted by molar-refractivity contribution is 0.0715. The molecule has 0 atom stereocenters. The van der Waals surface area contributed by atoms with Crippen LogP contribution in [0.5, 0.6) is 0 Å². The number of hydrogen-bond donors (Lipinski definition) is 2. The van der Waals surface area contributed by atoms with E-state index in [9.17, 15) is 5.11 Å². The maximum Gasteiger partial charge on any atom is 0.150 e. The molecule has 0 spiro atoms. The lowest BCUT2D eigenvalue weighted by atomic mass is 9.82. The maximum atomic E-state index is 9.78. The smallest absolute Gasteiger partial charge is 0.150 e. The van der Waals surface area contributed by atoms with Gasteiger partial charge >= 0.3 is 0 Å². The first kappa shape index (κ1) is 18.0. The molecule has 152 valence electrons. The molecule has 31 heavy (non-hydrogen) atoms. The number of fused-ring (bicyclic) bond motifs is 2. The monoisotopic (exact) mass is 408 g/mol. The van der Waals surface area contributed by atoms with Crippen molar-refractivity contribution >= 4 is 22.4 Å². The SMILES string of the molecule is Nc1nccn2c(C3CC(O)C3)nc(-c3ccc4ncc(-c5ccccc5)nc4c3)c12. The summed E-state index contributed by atoms with van der Waals surface area (Å²) in [5.41, 5.74) is 12.2. The molecule has 2 aromatic carbocycles. The van der Waals surface area contributed by atoms with Gasteiger partial charge in [0, 0.05) is 29.4 Å². The zero-order chi connectivity index (χ0) is 20.9. The van der Waals surface area contributed by atoms with E-state index in [1.54, 1.807) is 12.4 Å². The Bertz CT molecular complexity index is 1420. The summed E-state index contributed by atoms with van der Waals surface area (Å²) in [5.74, 6) is 1.55. The lowest BCUT2D eigenvalue weighted by Crippen LogP contribution is -2.27. The molecular formula is C24H20N6O. The fourth-order valence-corrected chi connectivity index (χ4v) is 4.28. The van der Waals surface area contributed by atoms with Crippen molar-refractivity contribution in [3.63, 3.8) is 0 Å². The van der Waals surface area contributed by atoms with Gasteiger partial charge in [-0.1, -0.05) is 36.4 Å².